The Morgan fingerprint density at radius 3 is 2.33 bits per heavy atom. The van der Waals surface area contributed by atoms with E-state index < -0.39 is 47.3 Å². The number of benzene rings is 1. The summed E-state index contributed by atoms with van der Waals surface area (Å²) in [7, 11) is 0. The van der Waals surface area contributed by atoms with Gasteiger partial charge in [-0.05, 0) is 30.2 Å². The van der Waals surface area contributed by atoms with Crippen molar-refractivity contribution in [2.75, 3.05) is 0 Å². The Kier molecular flexibility index (Phi) is 3.82. The number of alkyl halides is 5. The third-order valence-corrected chi connectivity index (χ3v) is 3.93. The molecular formula is C16H11F6NO. The molecule has 0 saturated heterocycles. The summed E-state index contributed by atoms with van der Waals surface area (Å²) < 4.78 is 80.8. The minimum Gasteiger partial charge on any atom is -0.385 e. The molecule has 1 aromatic heterocycles. The summed E-state index contributed by atoms with van der Waals surface area (Å²) in [6.07, 6.45) is -11.5. The highest BCUT2D eigenvalue weighted by Gasteiger charge is 2.49. The van der Waals surface area contributed by atoms with Crippen LogP contribution in [0.1, 0.15) is 34.7 Å². The lowest BCUT2D eigenvalue weighted by atomic mass is 9.95. The molecule has 2 aromatic rings. The summed E-state index contributed by atoms with van der Waals surface area (Å²) in [5.74, 6) is -0.676. The number of fused-ring (bicyclic) bond motifs is 1. The number of pyridine rings is 1. The van der Waals surface area contributed by atoms with Gasteiger partial charge in [-0.1, -0.05) is 6.07 Å². The largest absolute Gasteiger partial charge is 0.433 e. The van der Waals surface area contributed by atoms with Gasteiger partial charge in [0.2, 0.25) is 0 Å². The maximum absolute atomic E-state index is 14.3. The van der Waals surface area contributed by atoms with E-state index in [-0.39, 0.29) is 11.1 Å². The van der Waals surface area contributed by atoms with E-state index in [9.17, 15) is 31.4 Å². The predicted octanol–water partition coefficient (Wildman–Crippen LogP) is 4.61. The molecule has 0 amide bonds. The van der Waals surface area contributed by atoms with E-state index in [0.717, 1.165) is 12.3 Å². The van der Waals surface area contributed by atoms with Gasteiger partial charge < -0.3 is 5.11 Å². The first-order chi connectivity index (χ1) is 11.1. The van der Waals surface area contributed by atoms with E-state index in [2.05, 4.69) is 4.98 Å². The van der Waals surface area contributed by atoms with Gasteiger partial charge in [0.25, 0.3) is 0 Å². The molecule has 1 heterocycles. The van der Waals surface area contributed by atoms with Gasteiger partial charge in [-0.25, -0.2) is 13.2 Å². The first-order valence-electron chi connectivity index (χ1n) is 6.95. The van der Waals surface area contributed by atoms with Gasteiger partial charge in [0.05, 0.1) is 0 Å². The Hall–Kier alpha value is -2.09. The molecule has 0 spiro atoms. The van der Waals surface area contributed by atoms with Crippen molar-refractivity contribution in [3.8, 4) is 11.1 Å². The molecule has 128 valence electrons. The molecule has 1 aromatic carbocycles. The molecule has 0 saturated carbocycles. The van der Waals surface area contributed by atoms with E-state index in [1.807, 2.05) is 0 Å². The normalized spacial score (nSPS) is 23.4. The van der Waals surface area contributed by atoms with Crippen molar-refractivity contribution >= 4 is 0 Å². The highest BCUT2D eigenvalue weighted by molar-refractivity contribution is 5.71. The molecule has 1 unspecified atom stereocenters. The number of aromatic nitrogens is 1. The molecule has 0 aliphatic heterocycles. The molecule has 0 radical (unpaired) electrons. The second-order valence-electron chi connectivity index (χ2n) is 5.65. The van der Waals surface area contributed by atoms with Crippen molar-refractivity contribution < 1.29 is 31.4 Å². The average Bonchev–Trinajstić information content (AvgIpc) is 2.70. The quantitative estimate of drug-likeness (QED) is 0.764. The van der Waals surface area contributed by atoms with Crippen molar-refractivity contribution in [2.45, 2.75) is 31.5 Å². The lowest BCUT2D eigenvalue weighted by Gasteiger charge is -2.16. The van der Waals surface area contributed by atoms with Crippen molar-refractivity contribution in [1.82, 2.24) is 4.98 Å². The smallest absolute Gasteiger partial charge is 0.385 e. The Labute approximate surface area is 132 Å². The molecule has 1 aliphatic carbocycles. The number of rotatable bonds is 1. The van der Waals surface area contributed by atoms with Crippen LogP contribution in [0, 0.1) is 12.7 Å². The van der Waals surface area contributed by atoms with Crippen LogP contribution < -0.4 is 0 Å². The summed E-state index contributed by atoms with van der Waals surface area (Å²) in [6, 6.07) is 3.58. The number of aliphatic hydroxyl groups excluding tert-OH is 1. The number of aryl methyl sites for hydroxylation is 1. The summed E-state index contributed by atoms with van der Waals surface area (Å²) in [5.41, 5.74) is -2.76. The lowest BCUT2D eigenvalue weighted by molar-refractivity contribution is -0.143. The SMILES string of the molecule is Cc1cc(F)cc(-c2cnc(C(F)(F)F)c3c2C(F)[C@@H](F)[C@H]3O)c1. The monoisotopic (exact) mass is 347 g/mol. The summed E-state index contributed by atoms with van der Waals surface area (Å²) in [5, 5.41) is 9.72. The lowest BCUT2D eigenvalue weighted by Crippen LogP contribution is -2.16. The van der Waals surface area contributed by atoms with Gasteiger partial charge >= 0.3 is 6.18 Å². The second kappa shape index (κ2) is 5.47. The van der Waals surface area contributed by atoms with Crippen LogP contribution in [0.3, 0.4) is 0 Å². The fourth-order valence-corrected chi connectivity index (χ4v) is 2.96. The minimum absolute atomic E-state index is 0.0638. The number of nitrogens with zero attached hydrogens (tertiary/aromatic N) is 1. The Morgan fingerprint density at radius 2 is 1.75 bits per heavy atom. The van der Waals surface area contributed by atoms with Crippen molar-refractivity contribution in [3.05, 3.63) is 52.6 Å². The molecule has 0 fully saturated rings. The number of aliphatic hydroxyl groups is 1. The molecule has 1 N–H and O–H groups in total. The van der Waals surface area contributed by atoms with E-state index >= 15 is 0 Å². The van der Waals surface area contributed by atoms with Crippen molar-refractivity contribution in [1.29, 1.82) is 0 Å². The predicted molar refractivity (Wildman–Crippen MR) is 73.1 cm³/mol. The summed E-state index contributed by atoms with van der Waals surface area (Å²) >= 11 is 0. The van der Waals surface area contributed by atoms with Crippen LogP contribution in [0.2, 0.25) is 0 Å². The Morgan fingerprint density at radius 1 is 1.08 bits per heavy atom. The highest BCUT2D eigenvalue weighted by atomic mass is 19.4. The average molecular weight is 347 g/mol. The Bertz CT molecular complexity index is 784. The molecule has 2 nitrogen and oxygen atoms in total. The van der Waals surface area contributed by atoms with Crippen molar-refractivity contribution in [3.63, 3.8) is 0 Å². The van der Waals surface area contributed by atoms with E-state index in [1.165, 1.54) is 12.1 Å². The van der Waals surface area contributed by atoms with Crippen LogP contribution in [-0.4, -0.2) is 16.3 Å². The third kappa shape index (κ3) is 2.54. The maximum atomic E-state index is 14.3. The molecule has 24 heavy (non-hydrogen) atoms. The zero-order valence-electron chi connectivity index (χ0n) is 12.2. The minimum atomic E-state index is -4.98. The van der Waals surface area contributed by atoms with Crippen LogP contribution in [0.5, 0.6) is 0 Å². The summed E-state index contributed by atoms with van der Waals surface area (Å²) in [6.45, 7) is 1.55. The van der Waals surface area contributed by atoms with Gasteiger partial charge in [-0.15, -0.1) is 0 Å². The highest BCUT2D eigenvalue weighted by Crippen LogP contribution is 2.51. The first-order valence-corrected chi connectivity index (χ1v) is 6.95. The van der Waals surface area contributed by atoms with Crippen LogP contribution in [0.15, 0.2) is 24.4 Å². The third-order valence-electron chi connectivity index (χ3n) is 3.93. The summed E-state index contributed by atoms with van der Waals surface area (Å²) in [4.78, 5) is 3.24. The van der Waals surface area contributed by atoms with Gasteiger partial charge in [0, 0.05) is 22.9 Å². The van der Waals surface area contributed by atoms with Crippen LogP contribution >= 0.6 is 0 Å². The fraction of sp³-hybridized carbons (Fsp3) is 0.312. The number of halogens is 6. The van der Waals surface area contributed by atoms with Crippen LogP contribution in [-0.2, 0) is 6.18 Å². The number of hydrogen-bond donors (Lipinski definition) is 1. The van der Waals surface area contributed by atoms with E-state index in [4.69, 9.17) is 0 Å². The molecule has 3 rings (SSSR count). The zero-order chi connectivity index (χ0) is 17.8. The maximum Gasteiger partial charge on any atom is 0.433 e. The topological polar surface area (TPSA) is 33.1 Å². The molecule has 3 atom stereocenters. The van der Waals surface area contributed by atoms with Gasteiger partial charge in [-0.3, -0.25) is 4.98 Å². The molecule has 1 aliphatic rings. The van der Waals surface area contributed by atoms with Crippen LogP contribution in [0.4, 0.5) is 26.3 Å². The van der Waals surface area contributed by atoms with Gasteiger partial charge in [0.1, 0.15) is 11.9 Å². The van der Waals surface area contributed by atoms with E-state index in [1.54, 1.807) is 6.92 Å². The fourth-order valence-electron chi connectivity index (χ4n) is 2.96. The van der Waals surface area contributed by atoms with Crippen LogP contribution in [0.25, 0.3) is 11.1 Å². The molecular weight excluding hydrogens is 336 g/mol. The Balaban J connectivity index is 2.31. The first kappa shape index (κ1) is 16.8. The molecule has 8 heteroatoms. The van der Waals surface area contributed by atoms with E-state index in [0.29, 0.717) is 5.56 Å². The zero-order valence-corrected chi connectivity index (χ0v) is 12.2. The second-order valence-corrected chi connectivity index (χ2v) is 5.65. The van der Waals surface area contributed by atoms with Crippen molar-refractivity contribution in [2.24, 2.45) is 0 Å². The van der Waals surface area contributed by atoms with Gasteiger partial charge in [-0.2, -0.15) is 13.2 Å². The number of hydrogen-bond acceptors (Lipinski definition) is 2. The molecule has 0 bridgehead atoms. The standard InChI is InChI=1S/C16H11F6NO/c1-6-2-7(4-8(17)3-6)9-5-23-15(16(20,21)22)11-10(9)12(18)13(19)14(11)24/h2-5,12-14,24H,1H3/t12?,13-,14+/m1/s1. The van der Waals surface area contributed by atoms with Gasteiger partial charge in [0.15, 0.2) is 18.0 Å².